The number of carbonyl (C=O) groups is 2. The van der Waals surface area contributed by atoms with E-state index in [0.717, 1.165) is 5.56 Å². The molecule has 114 valence electrons. The van der Waals surface area contributed by atoms with E-state index in [1.54, 1.807) is 26.0 Å². The number of benzene rings is 1. The van der Waals surface area contributed by atoms with Gasteiger partial charge in [0.2, 0.25) is 5.91 Å². The van der Waals surface area contributed by atoms with Crippen molar-refractivity contribution in [3.05, 3.63) is 35.6 Å². The number of carboxylic acids is 1. The summed E-state index contributed by atoms with van der Waals surface area (Å²) in [5.41, 5.74) is -0.0520. The molecule has 1 aliphatic rings. The minimum absolute atomic E-state index is 0.0988. The van der Waals surface area contributed by atoms with Crippen LogP contribution in [-0.2, 0) is 15.0 Å². The maximum atomic E-state index is 13.0. The zero-order valence-corrected chi connectivity index (χ0v) is 12.2. The maximum absolute atomic E-state index is 13.0. The number of rotatable bonds is 4. The van der Waals surface area contributed by atoms with Gasteiger partial charge in [-0.05, 0) is 50.8 Å². The van der Waals surface area contributed by atoms with Crippen LogP contribution in [0.1, 0.15) is 38.7 Å². The summed E-state index contributed by atoms with van der Waals surface area (Å²) < 4.78 is 13.0. The molecule has 1 amide bonds. The molecule has 1 aliphatic carbocycles. The zero-order valence-electron chi connectivity index (χ0n) is 12.2. The Morgan fingerprint density at radius 1 is 1.24 bits per heavy atom. The van der Waals surface area contributed by atoms with Gasteiger partial charge in [-0.2, -0.15) is 0 Å². The molecule has 0 heterocycles. The first-order valence-corrected chi connectivity index (χ1v) is 7.10. The summed E-state index contributed by atoms with van der Waals surface area (Å²) in [5, 5.41) is 11.9. The van der Waals surface area contributed by atoms with Crippen LogP contribution in [0.4, 0.5) is 4.39 Å². The van der Waals surface area contributed by atoms with Crippen LogP contribution in [-0.4, -0.2) is 23.0 Å². The molecule has 5 heteroatoms. The van der Waals surface area contributed by atoms with Crippen molar-refractivity contribution in [1.82, 2.24) is 5.32 Å². The number of halogens is 1. The second kappa shape index (κ2) is 5.84. The lowest BCUT2D eigenvalue weighted by atomic mass is 9.83. The SMILES string of the molecule is CC(C)(C(=O)N[C@@H]1CC[C@H](C(=O)O)C1)c1ccc(F)cc1. The summed E-state index contributed by atoms with van der Waals surface area (Å²) >= 11 is 0. The van der Waals surface area contributed by atoms with Crippen molar-refractivity contribution in [3.8, 4) is 0 Å². The smallest absolute Gasteiger partial charge is 0.306 e. The summed E-state index contributed by atoms with van der Waals surface area (Å²) in [5.74, 6) is -1.67. The molecule has 0 spiro atoms. The Balaban J connectivity index is 2.02. The predicted molar refractivity (Wildman–Crippen MR) is 76.3 cm³/mol. The van der Waals surface area contributed by atoms with Gasteiger partial charge in [0.05, 0.1) is 11.3 Å². The number of aliphatic carboxylic acids is 1. The van der Waals surface area contributed by atoms with Gasteiger partial charge in [-0.15, -0.1) is 0 Å². The van der Waals surface area contributed by atoms with Crippen molar-refractivity contribution in [2.24, 2.45) is 5.92 Å². The predicted octanol–water partition coefficient (Wildman–Crippen LogP) is 2.47. The van der Waals surface area contributed by atoms with Gasteiger partial charge in [-0.3, -0.25) is 9.59 Å². The Kier molecular flexibility index (Phi) is 4.30. The molecule has 4 nitrogen and oxygen atoms in total. The molecule has 1 aromatic carbocycles. The molecule has 0 unspecified atom stereocenters. The number of amides is 1. The Labute approximate surface area is 123 Å². The highest BCUT2D eigenvalue weighted by Crippen LogP contribution is 2.28. The van der Waals surface area contributed by atoms with Crippen LogP contribution < -0.4 is 5.32 Å². The molecule has 21 heavy (non-hydrogen) atoms. The molecule has 0 bridgehead atoms. The molecule has 0 aliphatic heterocycles. The highest BCUT2D eigenvalue weighted by Gasteiger charge is 2.35. The summed E-state index contributed by atoms with van der Waals surface area (Å²) in [6.07, 6.45) is 1.75. The first-order chi connectivity index (χ1) is 9.80. The van der Waals surface area contributed by atoms with Gasteiger partial charge in [0.15, 0.2) is 0 Å². The molecule has 2 N–H and O–H groups in total. The number of nitrogens with one attached hydrogen (secondary N) is 1. The van der Waals surface area contributed by atoms with Crippen LogP contribution in [0.25, 0.3) is 0 Å². The van der Waals surface area contributed by atoms with E-state index >= 15 is 0 Å². The largest absolute Gasteiger partial charge is 0.481 e. The van der Waals surface area contributed by atoms with Crippen LogP contribution in [0.5, 0.6) is 0 Å². The number of carbonyl (C=O) groups excluding carboxylic acids is 1. The fourth-order valence-corrected chi connectivity index (χ4v) is 2.70. The molecule has 0 aromatic heterocycles. The lowest BCUT2D eigenvalue weighted by molar-refractivity contribution is -0.141. The minimum atomic E-state index is -0.801. The minimum Gasteiger partial charge on any atom is -0.481 e. The third kappa shape index (κ3) is 3.40. The summed E-state index contributed by atoms with van der Waals surface area (Å²) in [4.78, 5) is 23.4. The number of hydrogen-bond acceptors (Lipinski definition) is 2. The van der Waals surface area contributed by atoms with E-state index < -0.39 is 11.4 Å². The van der Waals surface area contributed by atoms with E-state index in [9.17, 15) is 14.0 Å². The Morgan fingerprint density at radius 3 is 2.38 bits per heavy atom. The molecule has 1 saturated carbocycles. The lowest BCUT2D eigenvalue weighted by Crippen LogP contribution is -2.44. The van der Waals surface area contributed by atoms with Crippen LogP contribution in [0.15, 0.2) is 24.3 Å². The Bertz CT molecular complexity index is 539. The lowest BCUT2D eigenvalue weighted by Gasteiger charge is -2.26. The second-order valence-corrected chi connectivity index (χ2v) is 6.15. The van der Waals surface area contributed by atoms with Gasteiger partial charge < -0.3 is 10.4 Å². The van der Waals surface area contributed by atoms with Crippen LogP contribution in [0.3, 0.4) is 0 Å². The van der Waals surface area contributed by atoms with Crippen molar-refractivity contribution >= 4 is 11.9 Å². The maximum Gasteiger partial charge on any atom is 0.306 e. The van der Waals surface area contributed by atoms with Crippen molar-refractivity contribution in [2.45, 2.75) is 44.6 Å². The molecule has 1 fully saturated rings. The molecule has 0 saturated heterocycles. The average molecular weight is 293 g/mol. The van der Waals surface area contributed by atoms with E-state index in [1.807, 2.05) is 0 Å². The van der Waals surface area contributed by atoms with Crippen molar-refractivity contribution in [1.29, 1.82) is 0 Å². The van der Waals surface area contributed by atoms with E-state index in [1.165, 1.54) is 12.1 Å². The van der Waals surface area contributed by atoms with Crippen molar-refractivity contribution in [2.75, 3.05) is 0 Å². The van der Waals surface area contributed by atoms with E-state index in [4.69, 9.17) is 5.11 Å². The second-order valence-electron chi connectivity index (χ2n) is 6.15. The van der Waals surface area contributed by atoms with Gasteiger partial charge >= 0.3 is 5.97 Å². The summed E-state index contributed by atoms with van der Waals surface area (Å²) in [6, 6.07) is 5.77. The number of hydrogen-bond donors (Lipinski definition) is 2. The molecule has 2 atom stereocenters. The molecule has 0 radical (unpaired) electrons. The highest BCUT2D eigenvalue weighted by molar-refractivity contribution is 5.87. The van der Waals surface area contributed by atoms with Gasteiger partial charge in [0.25, 0.3) is 0 Å². The fraction of sp³-hybridized carbons (Fsp3) is 0.500. The highest BCUT2D eigenvalue weighted by atomic mass is 19.1. The average Bonchev–Trinajstić information content (AvgIpc) is 2.88. The van der Waals surface area contributed by atoms with E-state index in [2.05, 4.69) is 5.32 Å². The Morgan fingerprint density at radius 2 is 1.86 bits per heavy atom. The normalized spacial score (nSPS) is 22.0. The van der Waals surface area contributed by atoms with Crippen molar-refractivity contribution in [3.63, 3.8) is 0 Å². The van der Waals surface area contributed by atoms with E-state index in [-0.39, 0.29) is 23.7 Å². The quantitative estimate of drug-likeness (QED) is 0.896. The topological polar surface area (TPSA) is 66.4 Å². The van der Waals surface area contributed by atoms with Gasteiger partial charge in [-0.25, -0.2) is 4.39 Å². The number of carboxylic acid groups (broad SMARTS) is 1. The molecule has 2 rings (SSSR count). The molecule has 1 aromatic rings. The van der Waals surface area contributed by atoms with Crippen LogP contribution in [0.2, 0.25) is 0 Å². The first-order valence-electron chi connectivity index (χ1n) is 7.10. The fourth-order valence-electron chi connectivity index (χ4n) is 2.70. The standard InChI is InChI=1S/C16H20FNO3/c1-16(2,11-4-6-12(17)7-5-11)15(21)18-13-8-3-10(9-13)14(19)20/h4-7,10,13H,3,8-9H2,1-2H3,(H,18,21)(H,19,20)/t10-,13+/m0/s1. The van der Waals surface area contributed by atoms with E-state index in [0.29, 0.717) is 19.3 Å². The van der Waals surface area contributed by atoms with Crippen molar-refractivity contribution < 1.29 is 19.1 Å². The zero-order chi connectivity index (χ0) is 15.6. The van der Waals surface area contributed by atoms with Crippen LogP contribution >= 0.6 is 0 Å². The third-order valence-electron chi connectivity index (χ3n) is 4.25. The molecular weight excluding hydrogens is 273 g/mol. The van der Waals surface area contributed by atoms with Gasteiger partial charge in [0, 0.05) is 6.04 Å². The third-order valence-corrected chi connectivity index (χ3v) is 4.25. The molecular formula is C16H20FNO3. The van der Waals surface area contributed by atoms with Crippen LogP contribution in [0, 0.1) is 11.7 Å². The van der Waals surface area contributed by atoms with Gasteiger partial charge in [-0.1, -0.05) is 12.1 Å². The Hall–Kier alpha value is -1.91. The van der Waals surface area contributed by atoms with Gasteiger partial charge in [0.1, 0.15) is 5.82 Å². The summed E-state index contributed by atoms with van der Waals surface area (Å²) in [6.45, 7) is 3.55. The first kappa shape index (κ1) is 15.5. The monoisotopic (exact) mass is 293 g/mol. The summed E-state index contributed by atoms with van der Waals surface area (Å²) in [7, 11) is 0.